The van der Waals surface area contributed by atoms with E-state index in [0.29, 0.717) is 24.0 Å². The van der Waals surface area contributed by atoms with Gasteiger partial charge in [0.05, 0.1) is 12.2 Å². The number of hydrogen-bond acceptors (Lipinski definition) is 4. The Morgan fingerprint density at radius 3 is 2.44 bits per heavy atom. The molecule has 3 rings (SSSR count). The molecular formula is C20H23NO4. The molecule has 0 N–H and O–H groups in total. The summed E-state index contributed by atoms with van der Waals surface area (Å²) in [7, 11) is 0. The van der Waals surface area contributed by atoms with Gasteiger partial charge >= 0.3 is 5.97 Å². The van der Waals surface area contributed by atoms with Crippen molar-refractivity contribution in [2.45, 2.75) is 39.7 Å². The van der Waals surface area contributed by atoms with Crippen LogP contribution in [0.25, 0.3) is 0 Å². The van der Waals surface area contributed by atoms with Gasteiger partial charge in [0.25, 0.3) is 0 Å². The zero-order valence-electron chi connectivity index (χ0n) is 14.9. The molecule has 0 bridgehead atoms. The second kappa shape index (κ2) is 7.13. The molecule has 1 saturated carbocycles. The highest BCUT2D eigenvalue weighted by atomic mass is 16.5. The van der Waals surface area contributed by atoms with Crippen molar-refractivity contribution in [3.05, 3.63) is 52.8 Å². The Morgan fingerprint density at radius 1 is 1.16 bits per heavy atom. The van der Waals surface area contributed by atoms with Gasteiger partial charge in [0, 0.05) is 23.0 Å². The fourth-order valence-electron chi connectivity index (χ4n) is 3.08. The lowest BCUT2D eigenvalue weighted by molar-refractivity contribution is 0.0526. The highest BCUT2D eigenvalue weighted by Crippen LogP contribution is 2.38. The number of ketones is 1. The van der Waals surface area contributed by atoms with Crippen molar-refractivity contribution in [1.29, 1.82) is 0 Å². The third kappa shape index (κ3) is 3.76. The minimum Gasteiger partial charge on any atom is -0.485 e. The van der Waals surface area contributed by atoms with Gasteiger partial charge < -0.3 is 14.0 Å². The Balaban J connectivity index is 1.63. The van der Waals surface area contributed by atoms with Crippen LogP contribution in [0, 0.1) is 13.8 Å². The van der Waals surface area contributed by atoms with Crippen molar-refractivity contribution in [3.8, 4) is 5.75 Å². The van der Waals surface area contributed by atoms with Gasteiger partial charge in [-0.05, 0) is 63.9 Å². The van der Waals surface area contributed by atoms with Crippen molar-refractivity contribution < 1.29 is 19.1 Å². The third-order valence-corrected chi connectivity index (χ3v) is 4.43. The quantitative estimate of drug-likeness (QED) is 0.566. The van der Waals surface area contributed by atoms with Crippen molar-refractivity contribution in [2.24, 2.45) is 0 Å². The normalized spacial score (nSPS) is 13.6. The van der Waals surface area contributed by atoms with Crippen molar-refractivity contribution in [3.63, 3.8) is 0 Å². The van der Waals surface area contributed by atoms with Crippen molar-refractivity contribution in [2.75, 3.05) is 13.2 Å². The summed E-state index contributed by atoms with van der Waals surface area (Å²) in [4.78, 5) is 24.1. The maximum absolute atomic E-state index is 12.5. The Labute approximate surface area is 147 Å². The SMILES string of the molecule is CCOC(=O)c1ccc(OCC(=O)c2cc(C)n(C3CC3)c2C)cc1. The van der Waals surface area contributed by atoms with E-state index in [2.05, 4.69) is 4.57 Å². The van der Waals surface area contributed by atoms with Crippen LogP contribution < -0.4 is 4.74 Å². The molecule has 1 fully saturated rings. The number of Topliss-reactive ketones (excluding diaryl/α,β-unsaturated/α-hetero) is 1. The first kappa shape index (κ1) is 17.3. The van der Waals surface area contributed by atoms with E-state index in [1.54, 1.807) is 31.2 Å². The highest BCUT2D eigenvalue weighted by molar-refractivity contribution is 5.98. The van der Waals surface area contributed by atoms with E-state index in [4.69, 9.17) is 9.47 Å². The van der Waals surface area contributed by atoms with Crippen LogP contribution in [0.5, 0.6) is 5.75 Å². The lowest BCUT2D eigenvalue weighted by Gasteiger charge is -2.08. The maximum atomic E-state index is 12.5. The van der Waals surface area contributed by atoms with E-state index in [0.717, 1.165) is 17.0 Å². The maximum Gasteiger partial charge on any atom is 0.338 e. The molecule has 132 valence electrons. The average Bonchev–Trinajstić information content (AvgIpc) is 3.38. The molecule has 1 aliphatic carbocycles. The highest BCUT2D eigenvalue weighted by Gasteiger charge is 2.28. The van der Waals surface area contributed by atoms with Crippen molar-refractivity contribution >= 4 is 11.8 Å². The Kier molecular flexibility index (Phi) is 4.93. The molecule has 2 aromatic rings. The number of carbonyl (C=O) groups excluding carboxylic acids is 2. The van der Waals surface area contributed by atoms with E-state index in [9.17, 15) is 9.59 Å². The number of nitrogens with zero attached hydrogens (tertiary/aromatic N) is 1. The average molecular weight is 341 g/mol. The van der Waals surface area contributed by atoms with Gasteiger partial charge in [-0.25, -0.2) is 4.79 Å². The summed E-state index contributed by atoms with van der Waals surface area (Å²) in [6.07, 6.45) is 2.38. The van der Waals surface area contributed by atoms with Gasteiger partial charge in [-0.15, -0.1) is 0 Å². The molecule has 0 spiro atoms. The molecule has 5 nitrogen and oxygen atoms in total. The van der Waals surface area contributed by atoms with Crippen LogP contribution in [0.3, 0.4) is 0 Å². The molecule has 1 aromatic carbocycles. The first-order valence-electron chi connectivity index (χ1n) is 8.63. The van der Waals surface area contributed by atoms with E-state index < -0.39 is 0 Å². The molecule has 0 atom stereocenters. The molecule has 1 aromatic heterocycles. The number of aromatic nitrogens is 1. The topological polar surface area (TPSA) is 57.5 Å². The smallest absolute Gasteiger partial charge is 0.338 e. The van der Waals surface area contributed by atoms with Gasteiger partial charge in [-0.2, -0.15) is 0 Å². The molecule has 0 saturated heterocycles. The van der Waals surface area contributed by atoms with Crippen LogP contribution in [0.2, 0.25) is 0 Å². The van der Waals surface area contributed by atoms with Crippen LogP contribution in [0.15, 0.2) is 30.3 Å². The molecular weight excluding hydrogens is 318 g/mol. The fourth-order valence-corrected chi connectivity index (χ4v) is 3.08. The summed E-state index contributed by atoms with van der Waals surface area (Å²) in [5.74, 6) is 0.157. The number of hydrogen-bond donors (Lipinski definition) is 0. The predicted octanol–water partition coefficient (Wildman–Crippen LogP) is 3.88. The first-order chi connectivity index (χ1) is 12.0. The first-order valence-corrected chi connectivity index (χ1v) is 8.63. The molecule has 25 heavy (non-hydrogen) atoms. The van der Waals surface area contributed by atoms with Gasteiger partial charge in [-0.3, -0.25) is 4.79 Å². The van der Waals surface area contributed by atoms with Gasteiger partial charge in [0.1, 0.15) is 5.75 Å². The molecule has 1 heterocycles. The molecule has 0 unspecified atom stereocenters. The largest absolute Gasteiger partial charge is 0.485 e. The van der Waals surface area contributed by atoms with Crippen LogP contribution >= 0.6 is 0 Å². The van der Waals surface area contributed by atoms with Crippen LogP contribution in [-0.2, 0) is 4.74 Å². The zero-order valence-corrected chi connectivity index (χ0v) is 14.9. The summed E-state index contributed by atoms with van der Waals surface area (Å²) >= 11 is 0. The molecule has 0 aliphatic heterocycles. The number of carbonyl (C=O) groups is 2. The number of benzene rings is 1. The summed E-state index contributed by atoms with van der Waals surface area (Å²) in [5.41, 5.74) is 3.34. The fraction of sp³-hybridized carbons (Fsp3) is 0.400. The number of aryl methyl sites for hydroxylation is 1. The summed E-state index contributed by atoms with van der Waals surface area (Å²) < 4.78 is 12.8. The predicted molar refractivity (Wildman–Crippen MR) is 94.4 cm³/mol. The van der Waals surface area contributed by atoms with Gasteiger partial charge in [-0.1, -0.05) is 0 Å². The summed E-state index contributed by atoms with van der Waals surface area (Å²) in [6, 6.07) is 9.12. The second-order valence-corrected chi connectivity index (χ2v) is 6.34. The minimum absolute atomic E-state index is 0.0201. The van der Waals surface area contributed by atoms with Gasteiger partial charge in [0.15, 0.2) is 6.61 Å². The molecule has 0 amide bonds. The molecule has 1 aliphatic rings. The third-order valence-electron chi connectivity index (χ3n) is 4.43. The van der Waals surface area contributed by atoms with Crippen LogP contribution in [0.4, 0.5) is 0 Å². The zero-order chi connectivity index (χ0) is 18.0. The number of esters is 1. The van der Waals surface area contributed by atoms with Crippen LogP contribution in [0.1, 0.15) is 57.9 Å². The van der Waals surface area contributed by atoms with E-state index in [1.807, 2.05) is 19.9 Å². The number of rotatable bonds is 7. The van der Waals surface area contributed by atoms with E-state index in [-0.39, 0.29) is 18.4 Å². The lowest BCUT2D eigenvalue weighted by Crippen LogP contribution is -2.13. The van der Waals surface area contributed by atoms with Crippen molar-refractivity contribution in [1.82, 2.24) is 4.57 Å². The Bertz CT molecular complexity index is 785. The summed E-state index contributed by atoms with van der Waals surface area (Å²) in [6.45, 7) is 6.11. The standard InChI is InChI=1S/C20H23NO4/c1-4-24-20(23)15-5-9-17(10-6-15)25-12-19(22)18-11-13(2)21(14(18)3)16-7-8-16/h5-6,9-11,16H,4,7-8,12H2,1-3H3. The molecule has 0 radical (unpaired) electrons. The van der Waals surface area contributed by atoms with Gasteiger partial charge in [0.2, 0.25) is 5.78 Å². The van der Waals surface area contributed by atoms with Crippen LogP contribution in [-0.4, -0.2) is 29.5 Å². The monoisotopic (exact) mass is 341 g/mol. The lowest BCUT2D eigenvalue weighted by atomic mass is 10.1. The molecule has 5 heteroatoms. The second-order valence-electron chi connectivity index (χ2n) is 6.34. The Morgan fingerprint density at radius 2 is 1.84 bits per heavy atom. The van der Waals surface area contributed by atoms with E-state index >= 15 is 0 Å². The minimum atomic E-state index is -0.363. The van der Waals surface area contributed by atoms with E-state index in [1.165, 1.54) is 12.8 Å². The summed E-state index contributed by atoms with van der Waals surface area (Å²) in [5, 5.41) is 0. The Hall–Kier alpha value is -2.56. The number of ether oxygens (including phenoxy) is 2.